The molecule has 0 bridgehead atoms. The van der Waals surface area contributed by atoms with Gasteiger partial charge in [-0.25, -0.2) is 13.4 Å². The van der Waals surface area contributed by atoms with Gasteiger partial charge in [0.25, 0.3) is 0 Å². The normalized spacial score (nSPS) is 16.8. The standard InChI is InChI=1S/C13H16Cl2N2O2S/c1-2-7-17(10-5-3-4-6-10)20(18,19)11-8-12(14)13(15)16-9-11/h2,8-10H,1,3-7H2. The summed E-state index contributed by atoms with van der Waals surface area (Å²) in [6, 6.07) is 1.37. The topological polar surface area (TPSA) is 50.3 Å². The van der Waals surface area contributed by atoms with Crippen LogP contribution in [-0.4, -0.2) is 30.3 Å². The van der Waals surface area contributed by atoms with Crippen LogP contribution in [0.1, 0.15) is 25.7 Å². The number of hydrogen-bond donors (Lipinski definition) is 0. The summed E-state index contributed by atoms with van der Waals surface area (Å²) < 4.78 is 26.9. The Morgan fingerprint density at radius 2 is 2.05 bits per heavy atom. The molecular formula is C13H16Cl2N2O2S. The number of nitrogens with zero attached hydrogens (tertiary/aromatic N) is 2. The average Bonchev–Trinajstić information content (AvgIpc) is 2.92. The lowest BCUT2D eigenvalue weighted by Crippen LogP contribution is -2.38. The monoisotopic (exact) mass is 334 g/mol. The number of halogens is 2. The van der Waals surface area contributed by atoms with Crippen LogP contribution in [-0.2, 0) is 10.0 Å². The molecular weight excluding hydrogens is 319 g/mol. The van der Waals surface area contributed by atoms with Crippen LogP contribution in [0, 0.1) is 0 Å². The fourth-order valence-corrected chi connectivity index (χ4v) is 4.41. The zero-order chi connectivity index (χ0) is 14.8. The van der Waals surface area contributed by atoms with Gasteiger partial charge < -0.3 is 0 Å². The lowest BCUT2D eigenvalue weighted by molar-refractivity contribution is 0.347. The Kier molecular flexibility index (Phi) is 5.07. The zero-order valence-corrected chi connectivity index (χ0v) is 13.3. The van der Waals surface area contributed by atoms with Gasteiger partial charge in [0.15, 0.2) is 0 Å². The molecule has 1 aromatic rings. The third-order valence-electron chi connectivity index (χ3n) is 3.42. The van der Waals surface area contributed by atoms with Crippen LogP contribution in [0.2, 0.25) is 10.2 Å². The first-order valence-electron chi connectivity index (χ1n) is 6.40. The molecule has 0 aromatic carbocycles. The van der Waals surface area contributed by atoms with Crippen molar-refractivity contribution in [2.75, 3.05) is 6.54 Å². The van der Waals surface area contributed by atoms with E-state index in [1.807, 2.05) is 0 Å². The van der Waals surface area contributed by atoms with E-state index in [-0.39, 0.29) is 27.7 Å². The van der Waals surface area contributed by atoms with Gasteiger partial charge in [-0.1, -0.05) is 42.1 Å². The SMILES string of the molecule is C=CCN(C1CCCC1)S(=O)(=O)c1cnc(Cl)c(Cl)c1. The second-order valence-corrected chi connectivity index (χ2v) is 7.40. The van der Waals surface area contributed by atoms with Crippen LogP contribution in [0.5, 0.6) is 0 Å². The van der Waals surface area contributed by atoms with Gasteiger partial charge in [0.2, 0.25) is 10.0 Å². The van der Waals surface area contributed by atoms with E-state index in [1.165, 1.54) is 16.6 Å². The summed E-state index contributed by atoms with van der Waals surface area (Å²) in [5, 5.41) is 0.236. The summed E-state index contributed by atoms with van der Waals surface area (Å²) in [6.07, 6.45) is 6.69. The molecule has 4 nitrogen and oxygen atoms in total. The molecule has 7 heteroatoms. The Hall–Kier alpha value is -0.620. The molecule has 2 rings (SSSR count). The molecule has 0 radical (unpaired) electrons. The van der Waals surface area contributed by atoms with Crippen molar-refractivity contribution in [3.05, 3.63) is 35.1 Å². The predicted molar refractivity (Wildman–Crippen MR) is 80.6 cm³/mol. The maximum absolute atomic E-state index is 12.7. The van der Waals surface area contributed by atoms with E-state index in [0.29, 0.717) is 0 Å². The van der Waals surface area contributed by atoms with Crippen LogP contribution >= 0.6 is 23.2 Å². The van der Waals surface area contributed by atoms with E-state index in [4.69, 9.17) is 23.2 Å². The highest BCUT2D eigenvalue weighted by Gasteiger charge is 2.32. The molecule has 0 aliphatic heterocycles. The number of sulfonamides is 1. The van der Waals surface area contributed by atoms with Crippen molar-refractivity contribution in [1.82, 2.24) is 9.29 Å². The van der Waals surface area contributed by atoms with Gasteiger partial charge >= 0.3 is 0 Å². The van der Waals surface area contributed by atoms with Gasteiger partial charge in [-0.2, -0.15) is 4.31 Å². The van der Waals surface area contributed by atoms with Gasteiger partial charge in [0, 0.05) is 18.8 Å². The molecule has 1 fully saturated rings. The highest BCUT2D eigenvalue weighted by atomic mass is 35.5. The van der Waals surface area contributed by atoms with Crippen LogP contribution in [0.25, 0.3) is 0 Å². The summed E-state index contributed by atoms with van der Waals surface area (Å²) in [7, 11) is -3.63. The maximum atomic E-state index is 12.7. The third kappa shape index (κ3) is 3.17. The summed E-state index contributed by atoms with van der Waals surface area (Å²) in [4.78, 5) is 3.89. The van der Waals surface area contributed by atoms with Crippen LogP contribution in [0.15, 0.2) is 29.8 Å². The van der Waals surface area contributed by atoms with Gasteiger partial charge in [-0.05, 0) is 18.9 Å². The van der Waals surface area contributed by atoms with Gasteiger partial charge in [0.05, 0.1) is 5.02 Å². The number of pyridine rings is 1. The van der Waals surface area contributed by atoms with Crippen molar-refractivity contribution in [2.24, 2.45) is 0 Å². The Morgan fingerprint density at radius 3 is 2.60 bits per heavy atom. The Labute approximate surface area is 129 Å². The molecule has 110 valence electrons. The number of hydrogen-bond acceptors (Lipinski definition) is 3. The van der Waals surface area contributed by atoms with Gasteiger partial charge in [-0.3, -0.25) is 0 Å². The quantitative estimate of drug-likeness (QED) is 0.611. The molecule has 1 aliphatic carbocycles. The van der Waals surface area contributed by atoms with E-state index in [1.54, 1.807) is 6.08 Å². The first-order valence-corrected chi connectivity index (χ1v) is 8.60. The van der Waals surface area contributed by atoms with Crippen molar-refractivity contribution in [3.8, 4) is 0 Å². The van der Waals surface area contributed by atoms with Crippen molar-refractivity contribution in [2.45, 2.75) is 36.6 Å². The van der Waals surface area contributed by atoms with Crippen molar-refractivity contribution in [3.63, 3.8) is 0 Å². The molecule has 20 heavy (non-hydrogen) atoms. The Morgan fingerprint density at radius 1 is 1.40 bits per heavy atom. The zero-order valence-electron chi connectivity index (χ0n) is 10.9. The summed E-state index contributed by atoms with van der Waals surface area (Å²) in [6.45, 7) is 3.93. The molecule has 1 aliphatic rings. The van der Waals surface area contributed by atoms with E-state index in [0.717, 1.165) is 25.7 Å². The second kappa shape index (κ2) is 6.43. The minimum Gasteiger partial charge on any atom is -0.242 e. The molecule has 0 unspecified atom stereocenters. The number of aromatic nitrogens is 1. The van der Waals surface area contributed by atoms with Gasteiger partial charge in [0.1, 0.15) is 10.0 Å². The molecule has 0 saturated heterocycles. The van der Waals surface area contributed by atoms with Crippen LogP contribution in [0.3, 0.4) is 0 Å². The van der Waals surface area contributed by atoms with Crippen molar-refractivity contribution in [1.29, 1.82) is 0 Å². The van der Waals surface area contributed by atoms with E-state index < -0.39 is 10.0 Å². The maximum Gasteiger partial charge on any atom is 0.245 e. The van der Waals surface area contributed by atoms with Gasteiger partial charge in [-0.15, -0.1) is 6.58 Å². The minimum absolute atomic E-state index is 0.0208. The lowest BCUT2D eigenvalue weighted by Gasteiger charge is -2.26. The molecule has 1 saturated carbocycles. The Balaban J connectivity index is 2.38. The molecule has 0 atom stereocenters. The fourth-order valence-electron chi connectivity index (χ4n) is 2.44. The fraction of sp³-hybridized carbons (Fsp3) is 0.462. The molecule has 1 aromatic heterocycles. The first kappa shape index (κ1) is 15.8. The average molecular weight is 335 g/mol. The highest BCUT2D eigenvalue weighted by molar-refractivity contribution is 7.89. The smallest absolute Gasteiger partial charge is 0.242 e. The molecule has 0 amide bonds. The number of rotatable bonds is 5. The second-order valence-electron chi connectivity index (χ2n) is 4.75. The first-order chi connectivity index (χ1) is 9.46. The predicted octanol–water partition coefficient (Wildman–Crippen LogP) is 3.51. The molecule has 0 spiro atoms. The van der Waals surface area contributed by atoms with E-state index in [2.05, 4.69) is 11.6 Å². The molecule has 0 N–H and O–H groups in total. The minimum atomic E-state index is -3.63. The van der Waals surface area contributed by atoms with E-state index in [9.17, 15) is 8.42 Å². The Bertz CT molecular complexity index is 598. The third-order valence-corrected chi connectivity index (χ3v) is 5.99. The largest absolute Gasteiger partial charge is 0.245 e. The van der Waals surface area contributed by atoms with Crippen LogP contribution in [0.4, 0.5) is 0 Å². The lowest BCUT2D eigenvalue weighted by atomic mass is 10.2. The van der Waals surface area contributed by atoms with Crippen LogP contribution < -0.4 is 0 Å². The highest BCUT2D eigenvalue weighted by Crippen LogP contribution is 2.30. The van der Waals surface area contributed by atoms with Crippen molar-refractivity contribution >= 4 is 33.2 Å². The molecule has 1 heterocycles. The van der Waals surface area contributed by atoms with Crippen molar-refractivity contribution < 1.29 is 8.42 Å². The summed E-state index contributed by atoms with van der Waals surface area (Å²) in [5.74, 6) is 0. The summed E-state index contributed by atoms with van der Waals surface area (Å²) in [5.41, 5.74) is 0. The summed E-state index contributed by atoms with van der Waals surface area (Å²) >= 11 is 11.6. The van der Waals surface area contributed by atoms with E-state index >= 15 is 0 Å².